The van der Waals surface area contributed by atoms with E-state index in [-0.39, 0.29) is 10.3 Å². The van der Waals surface area contributed by atoms with Gasteiger partial charge in [0.1, 0.15) is 11.5 Å². The molecule has 0 unspecified atom stereocenters. The van der Waals surface area contributed by atoms with Crippen molar-refractivity contribution in [1.29, 1.82) is 0 Å². The Balaban J connectivity index is 1.71. The summed E-state index contributed by atoms with van der Waals surface area (Å²) in [5.74, 6) is 1.37. The van der Waals surface area contributed by atoms with Gasteiger partial charge in [0.15, 0.2) is 0 Å². The Bertz CT molecular complexity index is 1030. The van der Waals surface area contributed by atoms with Gasteiger partial charge < -0.3 is 4.74 Å². The minimum absolute atomic E-state index is 0.0248. The standard InChI is InChI=1S/C23H25NO3S/c1-17-5-11-20(12-6-17)27-21-13-9-19(10-14-21)24-28(25,26)22-15-7-18(8-16-22)23(2,3)4/h5-16,24H,1-4H3. The molecule has 3 aromatic rings. The van der Waals surface area contributed by atoms with Gasteiger partial charge in [0.2, 0.25) is 0 Å². The number of sulfonamides is 1. The number of anilines is 1. The number of aryl methyl sites for hydroxylation is 1. The Kier molecular flexibility index (Phi) is 5.47. The molecule has 0 spiro atoms. The SMILES string of the molecule is Cc1ccc(Oc2ccc(NS(=O)(=O)c3ccc(C(C)(C)C)cc3)cc2)cc1. The van der Waals surface area contributed by atoms with Crippen molar-refractivity contribution in [1.82, 2.24) is 0 Å². The van der Waals surface area contributed by atoms with E-state index in [2.05, 4.69) is 25.5 Å². The Morgan fingerprint density at radius 2 is 1.25 bits per heavy atom. The normalized spacial score (nSPS) is 11.9. The van der Waals surface area contributed by atoms with E-state index < -0.39 is 10.0 Å². The highest BCUT2D eigenvalue weighted by Crippen LogP contribution is 2.26. The van der Waals surface area contributed by atoms with Crippen molar-refractivity contribution in [2.75, 3.05) is 4.72 Å². The Labute approximate surface area is 167 Å². The first-order chi connectivity index (χ1) is 13.1. The van der Waals surface area contributed by atoms with Gasteiger partial charge in [-0.3, -0.25) is 4.72 Å². The zero-order valence-corrected chi connectivity index (χ0v) is 17.4. The molecule has 3 rings (SSSR count). The van der Waals surface area contributed by atoms with Crippen LogP contribution < -0.4 is 9.46 Å². The number of hydrogen-bond donors (Lipinski definition) is 1. The van der Waals surface area contributed by atoms with Crippen LogP contribution in [0.2, 0.25) is 0 Å². The summed E-state index contributed by atoms with van der Waals surface area (Å²) < 4.78 is 33.6. The predicted molar refractivity (Wildman–Crippen MR) is 114 cm³/mol. The lowest BCUT2D eigenvalue weighted by Gasteiger charge is -2.19. The number of ether oxygens (including phenoxy) is 1. The maximum absolute atomic E-state index is 12.6. The average molecular weight is 396 g/mol. The maximum atomic E-state index is 12.6. The fraction of sp³-hybridized carbons (Fsp3) is 0.217. The summed E-state index contributed by atoms with van der Waals surface area (Å²) in [5.41, 5.74) is 2.70. The van der Waals surface area contributed by atoms with Gasteiger partial charge in [0, 0.05) is 5.69 Å². The van der Waals surface area contributed by atoms with E-state index in [1.54, 1.807) is 36.4 Å². The molecule has 146 valence electrons. The molecule has 0 aliphatic carbocycles. The van der Waals surface area contributed by atoms with Crippen molar-refractivity contribution < 1.29 is 13.2 Å². The molecule has 0 saturated heterocycles. The number of nitrogens with one attached hydrogen (secondary N) is 1. The quantitative estimate of drug-likeness (QED) is 0.586. The highest BCUT2D eigenvalue weighted by Gasteiger charge is 2.17. The van der Waals surface area contributed by atoms with E-state index in [1.165, 1.54) is 0 Å². The smallest absolute Gasteiger partial charge is 0.261 e. The van der Waals surface area contributed by atoms with Crippen LogP contribution in [0.25, 0.3) is 0 Å². The summed E-state index contributed by atoms with van der Waals surface area (Å²) in [7, 11) is -3.64. The van der Waals surface area contributed by atoms with Crippen LogP contribution in [0.5, 0.6) is 11.5 Å². The van der Waals surface area contributed by atoms with Crippen molar-refractivity contribution in [2.24, 2.45) is 0 Å². The lowest BCUT2D eigenvalue weighted by atomic mass is 9.87. The molecule has 0 amide bonds. The van der Waals surface area contributed by atoms with E-state index in [9.17, 15) is 8.42 Å². The Morgan fingerprint density at radius 1 is 0.750 bits per heavy atom. The second kappa shape index (κ2) is 7.68. The van der Waals surface area contributed by atoms with E-state index in [4.69, 9.17) is 4.74 Å². The first-order valence-corrected chi connectivity index (χ1v) is 10.6. The fourth-order valence-corrected chi connectivity index (χ4v) is 3.74. The molecule has 0 fully saturated rings. The van der Waals surface area contributed by atoms with Gasteiger partial charge in [-0.1, -0.05) is 50.6 Å². The van der Waals surface area contributed by atoms with Crippen molar-refractivity contribution >= 4 is 15.7 Å². The Morgan fingerprint density at radius 3 is 1.75 bits per heavy atom. The summed E-state index contributed by atoms with van der Waals surface area (Å²) in [6.07, 6.45) is 0. The van der Waals surface area contributed by atoms with Crippen LogP contribution in [0.4, 0.5) is 5.69 Å². The van der Waals surface area contributed by atoms with Crippen LogP contribution in [0.1, 0.15) is 31.9 Å². The molecule has 5 heteroatoms. The van der Waals surface area contributed by atoms with E-state index in [0.29, 0.717) is 11.4 Å². The van der Waals surface area contributed by atoms with Crippen LogP contribution in [0.3, 0.4) is 0 Å². The summed E-state index contributed by atoms with van der Waals surface area (Å²) in [5, 5.41) is 0. The molecule has 0 atom stereocenters. The van der Waals surface area contributed by atoms with Crippen molar-refractivity contribution in [3.8, 4) is 11.5 Å². The number of rotatable bonds is 5. The van der Waals surface area contributed by atoms with Gasteiger partial charge in [-0.25, -0.2) is 8.42 Å². The largest absolute Gasteiger partial charge is 0.457 e. The van der Waals surface area contributed by atoms with Crippen LogP contribution in [-0.4, -0.2) is 8.42 Å². The molecule has 0 aliphatic rings. The van der Waals surface area contributed by atoms with Crippen molar-refractivity contribution in [3.63, 3.8) is 0 Å². The zero-order chi connectivity index (χ0) is 20.4. The average Bonchev–Trinajstić information content (AvgIpc) is 2.64. The van der Waals surface area contributed by atoms with E-state index in [0.717, 1.165) is 16.9 Å². The van der Waals surface area contributed by atoms with E-state index in [1.807, 2.05) is 43.3 Å². The van der Waals surface area contributed by atoms with Gasteiger partial charge >= 0.3 is 0 Å². The Hall–Kier alpha value is -2.79. The summed E-state index contributed by atoms with van der Waals surface area (Å²) in [6.45, 7) is 8.29. The molecule has 0 aromatic heterocycles. The van der Waals surface area contributed by atoms with Gasteiger partial charge in [-0.05, 0) is 66.4 Å². The molecule has 0 heterocycles. The summed E-state index contributed by atoms with van der Waals surface area (Å²) in [6, 6.07) is 21.6. The summed E-state index contributed by atoms with van der Waals surface area (Å²) in [4.78, 5) is 0.237. The topological polar surface area (TPSA) is 55.4 Å². The first-order valence-electron chi connectivity index (χ1n) is 9.11. The summed E-state index contributed by atoms with van der Waals surface area (Å²) >= 11 is 0. The molecular formula is C23H25NO3S. The van der Waals surface area contributed by atoms with Gasteiger partial charge in [-0.15, -0.1) is 0 Å². The van der Waals surface area contributed by atoms with Gasteiger partial charge in [-0.2, -0.15) is 0 Å². The first kappa shape index (κ1) is 20.0. The number of benzene rings is 3. The molecule has 4 nitrogen and oxygen atoms in total. The third-order valence-corrected chi connectivity index (χ3v) is 5.79. The minimum Gasteiger partial charge on any atom is -0.457 e. The molecule has 3 aromatic carbocycles. The lowest BCUT2D eigenvalue weighted by Crippen LogP contribution is -2.14. The fourth-order valence-electron chi connectivity index (χ4n) is 2.68. The van der Waals surface area contributed by atoms with Crippen molar-refractivity contribution in [3.05, 3.63) is 83.9 Å². The molecule has 0 aliphatic heterocycles. The predicted octanol–water partition coefficient (Wildman–Crippen LogP) is 5.89. The third-order valence-electron chi connectivity index (χ3n) is 4.39. The molecule has 0 radical (unpaired) electrons. The van der Waals surface area contributed by atoms with Crippen LogP contribution >= 0.6 is 0 Å². The van der Waals surface area contributed by atoms with Crippen LogP contribution in [0.15, 0.2) is 77.7 Å². The lowest BCUT2D eigenvalue weighted by molar-refractivity contribution is 0.482. The highest BCUT2D eigenvalue weighted by atomic mass is 32.2. The second-order valence-electron chi connectivity index (χ2n) is 7.82. The van der Waals surface area contributed by atoms with Crippen LogP contribution in [-0.2, 0) is 15.4 Å². The molecule has 0 saturated carbocycles. The zero-order valence-electron chi connectivity index (χ0n) is 16.6. The monoisotopic (exact) mass is 395 g/mol. The second-order valence-corrected chi connectivity index (χ2v) is 9.50. The molecular weight excluding hydrogens is 370 g/mol. The van der Waals surface area contributed by atoms with Crippen LogP contribution in [0, 0.1) is 6.92 Å². The van der Waals surface area contributed by atoms with Crippen molar-refractivity contribution in [2.45, 2.75) is 38.0 Å². The van der Waals surface area contributed by atoms with E-state index >= 15 is 0 Å². The minimum atomic E-state index is -3.64. The molecule has 28 heavy (non-hydrogen) atoms. The van der Waals surface area contributed by atoms with Gasteiger partial charge in [0.05, 0.1) is 4.90 Å². The number of hydrogen-bond acceptors (Lipinski definition) is 3. The molecule has 1 N–H and O–H groups in total. The third kappa shape index (κ3) is 4.93. The highest BCUT2D eigenvalue weighted by molar-refractivity contribution is 7.92. The maximum Gasteiger partial charge on any atom is 0.261 e. The molecule has 0 bridgehead atoms. The van der Waals surface area contributed by atoms with Gasteiger partial charge in [0.25, 0.3) is 10.0 Å².